The van der Waals surface area contributed by atoms with E-state index in [1.54, 1.807) is 0 Å². The molecule has 15 heavy (non-hydrogen) atoms. The van der Waals surface area contributed by atoms with Crippen molar-refractivity contribution in [2.45, 2.75) is 24.6 Å². The van der Waals surface area contributed by atoms with Crippen molar-refractivity contribution < 1.29 is 13.2 Å². The van der Waals surface area contributed by atoms with Crippen molar-refractivity contribution >= 4 is 11.6 Å². The maximum Gasteiger partial charge on any atom is 0.416 e. The van der Waals surface area contributed by atoms with Crippen molar-refractivity contribution in [3.63, 3.8) is 0 Å². The molecule has 0 aromatic heterocycles. The average Bonchev–Trinajstić information content (AvgIpc) is 2.82. The van der Waals surface area contributed by atoms with Crippen LogP contribution in [0.4, 0.5) is 13.2 Å². The van der Waals surface area contributed by atoms with Crippen LogP contribution in [0.15, 0.2) is 18.2 Å². The molecule has 0 atom stereocenters. The molecule has 0 spiro atoms. The fraction of sp³-hybridized carbons (Fsp3) is 0.400. The van der Waals surface area contributed by atoms with Crippen LogP contribution in [0.3, 0.4) is 0 Å². The van der Waals surface area contributed by atoms with Crippen LogP contribution in [0, 0.1) is 0 Å². The number of halogens is 4. The number of alkyl halides is 3. The van der Waals surface area contributed by atoms with Gasteiger partial charge in [-0.1, -0.05) is 17.7 Å². The van der Waals surface area contributed by atoms with E-state index in [4.69, 9.17) is 17.3 Å². The van der Waals surface area contributed by atoms with Crippen molar-refractivity contribution in [1.82, 2.24) is 0 Å². The van der Waals surface area contributed by atoms with E-state index in [0.29, 0.717) is 5.56 Å². The minimum Gasteiger partial charge on any atom is -0.321 e. The Morgan fingerprint density at radius 3 is 2.27 bits per heavy atom. The zero-order valence-electron chi connectivity index (χ0n) is 7.74. The SMILES string of the molecule is NC1(c2ccc(C(F)(F)F)cc2Cl)CC1. The van der Waals surface area contributed by atoms with Gasteiger partial charge in [0.15, 0.2) is 0 Å². The summed E-state index contributed by atoms with van der Waals surface area (Å²) in [4.78, 5) is 0. The van der Waals surface area contributed by atoms with Crippen LogP contribution in [-0.4, -0.2) is 0 Å². The van der Waals surface area contributed by atoms with Gasteiger partial charge >= 0.3 is 6.18 Å². The lowest BCUT2D eigenvalue weighted by Gasteiger charge is -2.13. The molecule has 1 saturated carbocycles. The summed E-state index contributed by atoms with van der Waals surface area (Å²) in [6.45, 7) is 0. The normalized spacial score (nSPS) is 19.0. The third-order valence-electron chi connectivity index (χ3n) is 2.62. The van der Waals surface area contributed by atoms with Crippen molar-refractivity contribution in [3.05, 3.63) is 34.3 Å². The Bertz CT molecular complexity index is 396. The van der Waals surface area contributed by atoms with E-state index < -0.39 is 17.3 Å². The first kappa shape index (κ1) is 10.8. The lowest BCUT2D eigenvalue weighted by atomic mass is 10.0. The lowest BCUT2D eigenvalue weighted by molar-refractivity contribution is -0.137. The summed E-state index contributed by atoms with van der Waals surface area (Å²) < 4.78 is 37.0. The molecule has 2 rings (SSSR count). The van der Waals surface area contributed by atoms with Gasteiger partial charge in [-0.3, -0.25) is 0 Å². The molecule has 0 bridgehead atoms. The van der Waals surface area contributed by atoms with Crippen molar-refractivity contribution in [1.29, 1.82) is 0 Å². The second-order valence-corrected chi connectivity index (χ2v) is 4.26. The molecule has 1 aromatic rings. The molecule has 0 unspecified atom stereocenters. The molecule has 0 radical (unpaired) electrons. The molecule has 0 heterocycles. The predicted molar refractivity (Wildman–Crippen MR) is 51.6 cm³/mol. The quantitative estimate of drug-likeness (QED) is 0.794. The third-order valence-corrected chi connectivity index (χ3v) is 2.93. The molecule has 5 heteroatoms. The fourth-order valence-corrected chi connectivity index (χ4v) is 1.87. The smallest absolute Gasteiger partial charge is 0.321 e. The fourth-order valence-electron chi connectivity index (χ4n) is 1.50. The van der Waals surface area contributed by atoms with Crippen LogP contribution in [0.25, 0.3) is 0 Å². The highest BCUT2D eigenvalue weighted by molar-refractivity contribution is 6.31. The first-order chi connectivity index (χ1) is 6.83. The zero-order valence-corrected chi connectivity index (χ0v) is 8.49. The van der Waals surface area contributed by atoms with E-state index >= 15 is 0 Å². The number of rotatable bonds is 1. The van der Waals surface area contributed by atoms with Gasteiger partial charge in [0.1, 0.15) is 0 Å². The Morgan fingerprint density at radius 2 is 1.87 bits per heavy atom. The third kappa shape index (κ3) is 1.96. The van der Waals surface area contributed by atoms with E-state index in [1.165, 1.54) is 6.07 Å². The van der Waals surface area contributed by atoms with E-state index in [9.17, 15) is 13.2 Å². The van der Waals surface area contributed by atoms with Crippen molar-refractivity contribution in [3.8, 4) is 0 Å². The van der Waals surface area contributed by atoms with E-state index in [-0.39, 0.29) is 5.02 Å². The van der Waals surface area contributed by atoms with Crippen LogP contribution in [0.5, 0.6) is 0 Å². The highest BCUT2D eigenvalue weighted by Crippen LogP contribution is 2.46. The Hall–Kier alpha value is -0.740. The molecule has 0 aliphatic heterocycles. The second-order valence-electron chi connectivity index (χ2n) is 3.85. The molecule has 0 amide bonds. The first-order valence-corrected chi connectivity index (χ1v) is 4.87. The maximum absolute atomic E-state index is 12.3. The van der Waals surface area contributed by atoms with Crippen LogP contribution < -0.4 is 5.73 Å². The summed E-state index contributed by atoms with van der Waals surface area (Å²) in [6.07, 6.45) is -2.80. The molecule has 1 aromatic carbocycles. The minimum atomic E-state index is -4.35. The minimum absolute atomic E-state index is 0.102. The Balaban J connectivity index is 2.40. The number of hydrogen-bond donors (Lipinski definition) is 1. The standard InChI is InChI=1S/C10H9ClF3N/c11-8-5-6(10(12,13)14)1-2-7(8)9(15)3-4-9/h1-2,5H,3-4,15H2. The van der Waals surface area contributed by atoms with Gasteiger partial charge in [0.05, 0.1) is 5.56 Å². The van der Waals surface area contributed by atoms with Gasteiger partial charge in [0.2, 0.25) is 0 Å². The van der Waals surface area contributed by atoms with Gasteiger partial charge in [-0.15, -0.1) is 0 Å². The van der Waals surface area contributed by atoms with Crippen molar-refractivity contribution in [2.24, 2.45) is 5.73 Å². The van der Waals surface area contributed by atoms with E-state index in [0.717, 1.165) is 25.0 Å². The predicted octanol–water partition coefficient (Wildman–Crippen LogP) is 3.31. The van der Waals surface area contributed by atoms with Crippen molar-refractivity contribution in [2.75, 3.05) is 0 Å². The Kier molecular flexibility index (Phi) is 2.24. The van der Waals surface area contributed by atoms with Gasteiger partial charge in [-0.2, -0.15) is 13.2 Å². The second kappa shape index (κ2) is 3.12. The van der Waals surface area contributed by atoms with Crippen LogP contribution in [0.1, 0.15) is 24.0 Å². The Morgan fingerprint density at radius 1 is 1.27 bits per heavy atom. The molecule has 1 aliphatic rings. The largest absolute Gasteiger partial charge is 0.416 e. The van der Waals surface area contributed by atoms with Crippen LogP contribution in [-0.2, 0) is 11.7 Å². The summed E-state index contributed by atoms with van der Waals surface area (Å²) in [5, 5.41) is 0.102. The molecular formula is C10H9ClF3N. The molecule has 2 N–H and O–H groups in total. The van der Waals surface area contributed by atoms with E-state index in [2.05, 4.69) is 0 Å². The van der Waals surface area contributed by atoms with Crippen LogP contribution in [0.2, 0.25) is 5.02 Å². The maximum atomic E-state index is 12.3. The molecule has 1 nitrogen and oxygen atoms in total. The zero-order chi connectivity index (χ0) is 11.3. The van der Waals surface area contributed by atoms with E-state index in [1.807, 2.05) is 0 Å². The molecule has 0 saturated heterocycles. The topological polar surface area (TPSA) is 26.0 Å². The molecule has 1 aliphatic carbocycles. The number of nitrogens with two attached hydrogens (primary N) is 1. The monoisotopic (exact) mass is 235 g/mol. The van der Waals surface area contributed by atoms with Gasteiger partial charge in [0.25, 0.3) is 0 Å². The highest BCUT2D eigenvalue weighted by Gasteiger charge is 2.42. The molecule has 82 valence electrons. The average molecular weight is 236 g/mol. The summed E-state index contributed by atoms with van der Waals surface area (Å²) in [5.74, 6) is 0. The number of hydrogen-bond acceptors (Lipinski definition) is 1. The van der Waals surface area contributed by atoms with Gasteiger partial charge < -0.3 is 5.73 Å². The summed E-state index contributed by atoms with van der Waals surface area (Å²) in [7, 11) is 0. The highest BCUT2D eigenvalue weighted by atomic mass is 35.5. The Labute approximate surface area is 90.0 Å². The summed E-state index contributed by atoms with van der Waals surface area (Å²) >= 11 is 5.78. The lowest BCUT2D eigenvalue weighted by Crippen LogP contribution is -2.19. The summed E-state index contributed by atoms with van der Waals surface area (Å²) in [6, 6.07) is 3.33. The van der Waals surface area contributed by atoms with Gasteiger partial charge in [-0.25, -0.2) is 0 Å². The molecular weight excluding hydrogens is 227 g/mol. The van der Waals surface area contributed by atoms with Gasteiger partial charge in [0, 0.05) is 10.6 Å². The van der Waals surface area contributed by atoms with Crippen LogP contribution >= 0.6 is 11.6 Å². The molecule has 1 fully saturated rings. The number of benzene rings is 1. The summed E-state index contributed by atoms with van der Waals surface area (Å²) in [5.41, 5.74) is 5.24. The van der Waals surface area contributed by atoms with Gasteiger partial charge in [-0.05, 0) is 30.5 Å². The first-order valence-electron chi connectivity index (χ1n) is 4.49.